The Labute approximate surface area is 176 Å². The summed E-state index contributed by atoms with van der Waals surface area (Å²) in [4.78, 5) is 24.0. The number of benzene rings is 2. The maximum Gasteiger partial charge on any atom is 0.258 e. The molecule has 0 bridgehead atoms. The van der Waals surface area contributed by atoms with Gasteiger partial charge in [0.25, 0.3) is 5.91 Å². The van der Waals surface area contributed by atoms with Crippen molar-refractivity contribution in [2.24, 2.45) is 5.92 Å². The molecule has 136 valence electrons. The third kappa shape index (κ3) is 5.93. The van der Waals surface area contributed by atoms with E-state index in [1.165, 1.54) is 0 Å². The summed E-state index contributed by atoms with van der Waals surface area (Å²) in [6.07, 6.45) is 0. The number of hydrogen-bond acceptors (Lipinski definition) is 3. The summed E-state index contributed by atoms with van der Waals surface area (Å²) in [5.74, 6) is -0.529. The Morgan fingerprint density at radius 2 is 1.62 bits per heavy atom. The lowest BCUT2D eigenvalue weighted by Crippen LogP contribution is -2.34. The first-order chi connectivity index (χ1) is 12.3. The molecule has 0 aliphatic rings. The molecule has 2 aromatic carbocycles. The molecule has 0 heterocycles. The van der Waals surface area contributed by atoms with Gasteiger partial charge in [0.05, 0.1) is 10.6 Å². The van der Waals surface area contributed by atoms with Crippen LogP contribution in [0.5, 0.6) is 0 Å². The molecule has 0 atom stereocenters. The van der Waals surface area contributed by atoms with E-state index in [9.17, 15) is 9.59 Å². The highest BCUT2D eigenvalue weighted by atomic mass is 127. The molecule has 2 rings (SSSR count). The minimum Gasteiger partial charge on any atom is -0.332 e. The fraction of sp³-hybridized carbons (Fsp3) is 0.167. The molecule has 0 saturated carbocycles. The minimum absolute atomic E-state index is 0.0529. The third-order valence-corrected chi connectivity index (χ3v) is 4.54. The lowest BCUT2D eigenvalue weighted by Gasteiger charge is -2.12. The molecule has 0 radical (unpaired) electrons. The third-order valence-electron chi connectivity index (χ3n) is 3.33. The van der Waals surface area contributed by atoms with Crippen LogP contribution in [0.15, 0.2) is 42.5 Å². The van der Waals surface area contributed by atoms with Crippen molar-refractivity contribution < 1.29 is 9.59 Å². The molecule has 0 saturated heterocycles. The Bertz CT molecular complexity index is 841. The number of thiocarbonyl (C=S) groups is 1. The number of anilines is 2. The summed E-state index contributed by atoms with van der Waals surface area (Å²) in [5.41, 5.74) is 1.73. The van der Waals surface area contributed by atoms with E-state index in [1.807, 2.05) is 19.9 Å². The van der Waals surface area contributed by atoms with Crippen LogP contribution in [0.25, 0.3) is 0 Å². The maximum atomic E-state index is 12.3. The number of hydrogen-bond donors (Lipinski definition) is 3. The Morgan fingerprint density at radius 3 is 2.19 bits per heavy atom. The standard InChI is InChI=1S/C18H17ClIN3O2S/c1-10(2)16(24)21-12-4-6-13(7-5-12)22-18(26)23-17(25)14-9-11(20)3-8-15(14)19/h3-10H,1-2H3,(H,21,24)(H2,22,23,25,26). The van der Waals surface area contributed by atoms with E-state index in [0.717, 1.165) is 3.57 Å². The molecule has 0 unspecified atom stereocenters. The Hall–Kier alpha value is -1.71. The largest absolute Gasteiger partial charge is 0.332 e. The Morgan fingerprint density at radius 1 is 1.04 bits per heavy atom. The van der Waals surface area contributed by atoms with Crippen LogP contribution in [0.2, 0.25) is 5.02 Å². The van der Waals surface area contributed by atoms with Gasteiger partial charge in [0, 0.05) is 20.9 Å². The van der Waals surface area contributed by atoms with Crippen molar-refractivity contribution in [3.63, 3.8) is 0 Å². The van der Waals surface area contributed by atoms with Crippen LogP contribution in [0.4, 0.5) is 11.4 Å². The highest BCUT2D eigenvalue weighted by molar-refractivity contribution is 14.1. The first-order valence-corrected chi connectivity index (χ1v) is 9.61. The molecule has 0 aliphatic carbocycles. The summed E-state index contributed by atoms with van der Waals surface area (Å²) < 4.78 is 0.898. The van der Waals surface area contributed by atoms with E-state index in [4.69, 9.17) is 23.8 Å². The molecular formula is C18H17ClIN3O2S. The second-order valence-corrected chi connectivity index (χ2v) is 7.81. The van der Waals surface area contributed by atoms with Crippen LogP contribution >= 0.6 is 46.4 Å². The van der Waals surface area contributed by atoms with Crippen LogP contribution < -0.4 is 16.0 Å². The van der Waals surface area contributed by atoms with Crippen LogP contribution in [0.1, 0.15) is 24.2 Å². The summed E-state index contributed by atoms with van der Waals surface area (Å²) in [6.45, 7) is 3.65. The number of carbonyl (C=O) groups is 2. The van der Waals surface area contributed by atoms with Crippen molar-refractivity contribution in [3.05, 3.63) is 56.6 Å². The molecule has 26 heavy (non-hydrogen) atoms. The van der Waals surface area contributed by atoms with Crippen molar-refractivity contribution in [1.82, 2.24) is 5.32 Å². The molecule has 0 spiro atoms. The Kier molecular flexibility index (Phi) is 7.36. The normalized spacial score (nSPS) is 10.3. The van der Waals surface area contributed by atoms with Gasteiger partial charge >= 0.3 is 0 Å². The minimum atomic E-state index is -0.383. The smallest absolute Gasteiger partial charge is 0.258 e. The van der Waals surface area contributed by atoms with Crippen molar-refractivity contribution in [3.8, 4) is 0 Å². The van der Waals surface area contributed by atoms with E-state index in [-0.39, 0.29) is 22.8 Å². The molecule has 0 aromatic heterocycles. The predicted octanol–water partition coefficient (Wildman–Crippen LogP) is 4.67. The van der Waals surface area contributed by atoms with Crippen molar-refractivity contribution >= 4 is 74.7 Å². The van der Waals surface area contributed by atoms with Gasteiger partial charge in [-0.1, -0.05) is 25.4 Å². The van der Waals surface area contributed by atoms with Gasteiger partial charge in [-0.15, -0.1) is 0 Å². The summed E-state index contributed by atoms with van der Waals surface area (Å²) in [7, 11) is 0. The molecule has 2 amide bonds. The summed E-state index contributed by atoms with van der Waals surface area (Å²) in [6, 6.07) is 12.2. The molecule has 2 aromatic rings. The number of halogens is 2. The van der Waals surface area contributed by atoms with E-state index in [1.54, 1.807) is 36.4 Å². The zero-order valence-electron chi connectivity index (χ0n) is 14.1. The first-order valence-electron chi connectivity index (χ1n) is 7.74. The number of nitrogens with one attached hydrogen (secondary N) is 3. The molecule has 0 aliphatic heterocycles. The quantitative estimate of drug-likeness (QED) is 0.421. The molecule has 5 nitrogen and oxygen atoms in total. The number of carbonyl (C=O) groups excluding carboxylic acids is 2. The zero-order chi connectivity index (χ0) is 19.3. The van der Waals surface area contributed by atoms with E-state index in [2.05, 4.69) is 38.5 Å². The van der Waals surface area contributed by atoms with Crippen LogP contribution in [0, 0.1) is 9.49 Å². The van der Waals surface area contributed by atoms with Crippen molar-refractivity contribution in [2.75, 3.05) is 10.6 Å². The van der Waals surface area contributed by atoms with Crippen molar-refractivity contribution in [2.45, 2.75) is 13.8 Å². The zero-order valence-corrected chi connectivity index (χ0v) is 17.8. The van der Waals surface area contributed by atoms with E-state index >= 15 is 0 Å². The fourth-order valence-corrected chi connectivity index (χ4v) is 2.83. The summed E-state index contributed by atoms with van der Waals surface area (Å²) >= 11 is 13.3. The maximum absolute atomic E-state index is 12.3. The van der Waals surface area contributed by atoms with Crippen molar-refractivity contribution in [1.29, 1.82) is 0 Å². The van der Waals surface area contributed by atoms with E-state index in [0.29, 0.717) is 22.0 Å². The lowest BCUT2D eigenvalue weighted by molar-refractivity contribution is -0.118. The van der Waals surface area contributed by atoms with E-state index < -0.39 is 0 Å². The SMILES string of the molecule is CC(C)C(=O)Nc1ccc(NC(=S)NC(=O)c2cc(I)ccc2Cl)cc1. The average molecular weight is 502 g/mol. The Balaban J connectivity index is 1.96. The highest BCUT2D eigenvalue weighted by Crippen LogP contribution is 2.19. The van der Waals surface area contributed by atoms with Gasteiger partial charge < -0.3 is 10.6 Å². The van der Waals surface area contributed by atoms with Gasteiger partial charge in [-0.2, -0.15) is 0 Å². The van der Waals surface area contributed by atoms with Gasteiger partial charge in [0.1, 0.15) is 0 Å². The van der Waals surface area contributed by atoms with Gasteiger partial charge in [0.15, 0.2) is 5.11 Å². The summed E-state index contributed by atoms with van der Waals surface area (Å²) in [5, 5.41) is 8.84. The fourth-order valence-electron chi connectivity index (χ4n) is 1.93. The molecule has 8 heteroatoms. The second kappa shape index (κ2) is 9.29. The van der Waals surface area contributed by atoms with Gasteiger partial charge in [0.2, 0.25) is 5.91 Å². The highest BCUT2D eigenvalue weighted by Gasteiger charge is 2.13. The van der Waals surface area contributed by atoms with Crippen LogP contribution in [-0.2, 0) is 4.79 Å². The van der Waals surface area contributed by atoms with Gasteiger partial charge in [-0.05, 0) is 77.3 Å². The molecular weight excluding hydrogens is 485 g/mol. The van der Waals surface area contributed by atoms with Crippen LogP contribution in [0.3, 0.4) is 0 Å². The molecule has 3 N–H and O–H groups in total. The predicted molar refractivity (Wildman–Crippen MR) is 118 cm³/mol. The van der Waals surface area contributed by atoms with Gasteiger partial charge in [-0.3, -0.25) is 14.9 Å². The number of amides is 2. The van der Waals surface area contributed by atoms with Gasteiger partial charge in [-0.25, -0.2) is 0 Å². The average Bonchev–Trinajstić information content (AvgIpc) is 2.58. The monoisotopic (exact) mass is 501 g/mol. The number of rotatable bonds is 4. The lowest BCUT2D eigenvalue weighted by atomic mass is 10.2. The second-order valence-electron chi connectivity index (χ2n) is 5.75. The van der Waals surface area contributed by atoms with Crippen LogP contribution in [-0.4, -0.2) is 16.9 Å². The first kappa shape index (κ1) is 20.6. The molecule has 0 fully saturated rings. The topological polar surface area (TPSA) is 70.2 Å².